The molecule has 0 saturated heterocycles. The molecule has 2 aromatic carbocycles. The number of methoxy groups -OCH3 is 1. The van der Waals surface area contributed by atoms with E-state index in [4.69, 9.17) is 32.7 Å². The molecule has 0 spiro atoms. The third kappa shape index (κ3) is 6.18. The van der Waals surface area contributed by atoms with E-state index < -0.39 is 18.7 Å². The zero-order valence-corrected chi connectivity index (χ0v) is 18.6. The fourth-order valence-electron chi connectivity index (χ4n) is 3.06. The summed E-state index contributed by atoms with van der Waals surface area (Å²) in [6, 6.07) is 10.1. The number of hydrogen-bond donors (Lipinski definition) is 0. The Morgan fingerprint density at radius 1 is 1.09 bits per heavy atom. The summed E-state index contributed by atoms with van der Waals surface area (Å²) in [5.41, 5.74) is 1.34. The molecule has 0 aliphatic rings. The van der Waals surface area contributed by atoms with Crippen molar-refractivity contribution in [1.82, 2.24) is 4.98 Å². The van der Waals surface area contributed by atoms with Gasteiger partial charge in [0, 0.05) is 24.4 Å². The van der Waals surface area contributed by atoms with Crippen molar-refractivity contribution in [3.8, 4) is 11.5 Å². The molecule has 172 valence electrons. The van der Waals surface area contributed by atoms with Crippen LogP contribution in [0.3, 0.4) is 0 Å². The number of hydrogen-bond acceptors (Lipinski definition) is 6. The Morgan fingerprint density at radius 2 is 1.82 bits per heavy atom. The molecule has 0 fully saturated rings. The van der Waals surface area contributed by atoms with Crippen molar-refractivity contribution < 1.29 is 32.6 Å². The molecule has 33 heavy (non-hydrogen) atoms. The third-order valence-electron chi connectivity index (χ3n) is 4.63. The van der Waals surface area contributed by atoms with E-state index in [2.05, 4.69) is 9.72 Å². The Morgan fingerprint density at radius 3 is 2.45 bits per heavy atom. The Balaban J connectivity index is 1.99. The first kappa shape index (κ1) is 24.4. The van der Waals surface area contributed by atoms with Crippen molar-refractivity contribution in [3.05, 3.63) is 87.2 Å². The smallest absolute Gasteiger partial charge is 0.387 e. The van der Waals surface area contributed by atoms with E-state index in [0.29, 0.717) is 23.0 Å². The highest BCUT2D eigenvalue weighted by Crippen LogP contribution is 2.36. The number of carbonyl (C=O) groups is 2. The van der Waals surface area contributed by atoms with Crippen molar-refractivity contribution in [2.75, 3.05) is 7.11 Å². The molecule has 6 nitrogen and oxygen atoms in total. The van der Waals surface area contributed by atoms with Crippen LogP contribution < -0.4 is 9.47 Å². The summed E-state index contributed by atoms with van der Waals surface area (Å²) < 4.78 is 40.7. The molecule has 0 aliphatic carbocycles. The quantitative estimate of drug-likeness (QED) is 0.269. The fraction of sp³-hybridized carbons (Fsp3) is 0.174. The number of alkyl halides is 2. The molecule has 0 radical (unpaired) electrons. The summed E-state index contributed by atoms with van der Waals surface area (Å²) >= 11 is 12.5. The highest BCUT2D eigenvalue weighted by atomic mass is 35.5. The predicted octanol–water partition coefficient (Wildman–Crippen LogP) is 5.95. The minimum absolute atomic E-state index is 0.0173. The lowest BCUT2D eigenvalue weighted by atomic mass is 10.0. The van der Waals surface area contributed by atoms with Gasteiger partial charge in [-0.05, 0) is 35.4 Å². The van der Waals surface area contributed by atoms with Crippen LogP contribution in [0.2, 0.25) is 10.0 Å². The summed E-state index contributed by atoms with van der Waals surface area (Å²) in [4.78, 5) is 27.8. The Kier molecular flexibility index (Phi) is 8.19. The van der Waals surface area contributed by atoms with Crippen LogP contribution in [0.15, 0.2) is 54.9 Å². The minimum Gasteiger partial charge on any atom is -0.493 e. The Bertz CT molecular complexity index is 1140. The van der Waals surface area contributed by atoms with Crippen molar-refractivity contribution in [2.24, 2.45) is 0 Å². The van der Waals surface area contributed by atoms with Crippen molar-refractivity contribution in [3.63, 3.8) is 0 Å². The molecule has 1 atom stereocenters. The van der Waals surface area contributed by atoms with E-state index in [9.17, 15) is 18.4 Å². The van der Waals surface area contributed by atoms with E-state index in [0.717, 1.165) is 0 Å². The number of carbonyl (C=O) groups excluding carboxylic acids is 2. The first-order chi connectivity index (χ1) is 15.8. The molecule has 0 amide bonds. The first-order valence-corrected chi connectivity index (χ1v) is 10.2. The third-order valence-corrected chi connectivity index (χ3v) is 5.28. The van der Waals surface area contributed by atoms with Crippen molar-refractivity contribution >= 4 is 35.5 Å². The van der Waals surface area contributed by atoms with E-state index >= 15 is 0 Å². The van der Waals surface area contributed by atoms with Gasteiger partial charge >= 0.3 is 12.6 Å². The molecule has 3 aromatic rings. The molecule has 0 saturated carbocycles. The van der Waals surface area contributed by atoms with Gasteiger partial charge in [-0.1, -0.05) is 41.4 Å². The average Bonchev–Trinajstić information content (AvgIpc) is 2.80. The first-order valence-electron chi connectivity index (χ1n) is 9.49. The average molecular weight is 496 g/mol. The van der Waals surface area contributed by atoms with Gasteiger partial charge in [0.1, 0.15) is 12.4 Å². The second-order valence-corrected chi connectivity index (χ2v) is 7.53. The van der Waals surface area contributed by atoms with Crippen LogP contribution in [0.5, 0.6) is 11.5 Å². The number of benzene rings is 2. The van der Waals surface area contributed by atoms with Gasteiger partial charge in [0.15, 0.2) is 11.5 Å². The Hall–Kier alpha value is -3.23. The van der Waals surface area contributed by atoms with Crippen molar-refractivity contribution in [2.45, 2.75) is 19.1 Å². The highest BCUT2D eigenvalue weighted by Gasteiger charge is 2.24. The summed E-state index contributed by atoms with van der Waals surface area (Å²) in [7, 11) is 1.29. The summed E-state index contributed by atoms with van der Waals surface area (Å²) in [5.74, 6) is -0.874. The molecule has 1 aromatic heterocycles. The number of ether oxygens (including phenoxy) is 3. The molecule has 0 N–H and O–H groups in total. The monoisotopic (exact) mass is 495 g/mol. The lowest BCUT2D eigenvalue weighted by molar-refractivity contribution is -0.0512. The van der Waals surface area contributed by atoms with Crippen LogP contribution in [0.4, 0.5) is 8.78 Å². The number of halogens is 4. The predicted molar refractivity (Wildman–Crippen MR) is 118 cm³/mol. The second kappa shape index (κ2) is 11.1. The largest absolute Gasteiger partial charge is 0.493 e. The molecule has 0 unspecified atom stereocenters. The van der Waals surface area contributed by atoms with Crippen LogP contribution in [-0.2, 0) is 11.2 Å². The molecular formula is C23H17Cl2F2NO5. The number of aldehydes is 1. The zero-order valence-electron chi connectivity index (χ0n) is 17.1. The molecule has 0 bridgehead atoms. The van der Waals surface area contributed by atoms with Crippen LogP contribution >= 0.6 is 23.2 Å². The van der Waals surface area contributed by atoms with Crippen LogP contribution in [-0.4, -0.2) is 31.0 Å². The van der Waals surface area contributed by atoms with Crippen molar-refractivity contribution in [1.29, 1.82) is 0 Å². The van der Waals surface area contributed by atoms with Gasteiger partial charge in [-0.15, -0.1) is 0 Å². The second-order valence-electron chi connectivity index (χ2n) is 6.71. The van der Waals surface area contributed by atoms with E-state index in [1.165, 1.54) is 49.8 Å². The van der Waals surface area contributed by atoms with Gasteiger partial charge in [0.05, 0.1) is 22.7 Å². The minimum atomic E-state index is -3.04. The molecule has 10 heteroatoms. The molecule has 0 aliphatic heterocycles. The van der Waals surface area contributed by atoms with E-state index in [1.54, 1.807) is 12.1 Å². The fourth-order valence-corrected chi connectivity index (χ4v) is 3.58. The van der Waals surface area contributed by atoms with Gasteiger partial charge in [-0.25, -0.2) is 4.79 Å². The van der Waals surface area contributed by atoms with E-state index in [-0.39, 0.29) is 33.5 Å². The van der Waals surface area contributed by atoms with Crippen LogP contribution in [0.1, 0.15) is 37.9 Å². The SMILES string of the molecule is COc1cc([C@H](Cc2c(Cl)cncc2Cl)OC(=O)c2cccc(C=O)c2)ccc1OC(F)F. The lowest BCUT2D eigenvalue weighted by Gasteiger charge is -2.21. The molecule has 1 heterocycles. The summed E-state index contributed by atoms with van der Waals surface area (Å²) in [6.07, 6.45) is 2.52. The van der Waals surface area contributed by atoms with Gasteiger partial charge in [-0.2, -0.15) is 8.78 Å². The van der Waals surface area contributed by atoms with Gasteiger partial charge < -0.3 is 14.2 Å². The normalized spacial score (nSPS) is 11.7. The van der Waals surface area contributed by atoms with E-state index in [1.807, 2.05) is 0 Å². The lowest BCUT2D eigenvalue weighted by Crippen LogP contribution is -2.15. The number of aromatic nitrogens is 1. The highest BCUT2D eigenvalue weighted by molar-refractivity contribution is 6.35. The standard InChI is InChI=1S/C23H17Cl2F2NO5/c1-31-21-8-14(5-6-19(21)33-23(26)27)20(9-16-17(24)10-28-11-18(16)25)32-22(30)15-4-2-3-13(7-15)12-29/h2-8,10-12,20,23H,9H2,1H3/t20-/m0/s1. The Labute approximate surface area is 198 Å². The molecule has 3 rings (SSSR count). The summed E-state index contributed by atoms with van der Waals surface area (Å²) in [6.45, 7) is -3.04. The van der Waals surface area contributed by atoms with Crippen LogP contribution in [0.25, 0.3) is 0 Å². The summed E-state index contributed by atoms with van der Waals surface area (Å²) in [5, 5.41) is 0.521. The number of pyridine rings is 1. The maximum Gasteiger partial charge on any atom is 0.387 e. The number of rotatable bonds is 9. The number of nitrogens with zero attached hydrogens (tertiary/aromatic N) is 1. The van der Waals surface area contributed by atoms with Crippen LogP contribution in [0, 0.1) is 0 Å². The zero-order chi connectivity index (χ0) is 24.0. The maximum absolute atomic E-state index is 12.9. The molecular weight excluding hydrogens is 479 g/mol. The maximum atomic E-state index is 12.9. The topological polar surface area (TPSA) is 74.7 Å². The van der Waals surface area contributed by atoms with Gasteiger partial charge in [-0.3, -0.25) is 9.78 Å². The van der Waals surface area contributed by atoms with Gasteiger partial charge in [0.2, 0.25) is 0 Å². The van der Waals surface area contributed by atoms with Gasteiger partial charge in [0.25, 0.3) is 0 Å². The number of esters is 1.